The molecule has 0 saturated heterocycles. The number of aromatic nitrogens is 3. The van der Waals surface area contributed by atoms with Crippen LogP contribution in [0.4, 0.5) is 16.0 Å². The predicted octanol–water partition coefficient (Wildman–Crippen LogP) is 0.644. The Morgan fingerprint density at radius 3 is 2.72 bits per heavy atom. The molecule has 162 valence electrons. The zero-order chi connectivity index (χ0) is 22.5. The Kier molecular flexibility index (Phi) is 8.90. The molecule has 1 aliphatic rings. The first-order valence-corrected chi connectivity index (χ1v) is 9.91. The topological polar surface area (TPSA) is 100 Å². The van der Waals surface area contributed by atoms with Gasteiger partial charge in [-0.05, 0) is 25.0 Å². The molecule has 9 heteroatoms. The number of anilines is 2. The number of alkyl halides is 1. The van der Waals surface area contributed by atoms with Gasteiger partial charge in [-0.2, -0.15) is 5.70 Å². The number of amides is 1. The summed E-state index contributed by atoms with van der Waals surface area (Å²) in [5, 5.41) is 15.5. The van der Waals surface area contributed by atoms with Gasteiger partial charge in [0.2, 0.25) is 5.91 Å². The third-order valence-electron chi connectivity index (χ3n) is 4.88. The van der Waals surface area contributed by atoms with Crippen LogP contribution in [0.1, 0.15) is 26.7 Å². The normalized spacial score (nSPS) is 18.2. The van der Waals surface area contributed by atoms with E-state index < -0.39 is 24.1 Å². The van der Waals surface area contributed by atoms with E-state index in [1.54, 1.807) is 37.4 Å². The molecule has 0 aliphatic heterocycles. The number of halogens is 1. The second kappa shape index (κ2) is 11.2. The number of hydrogen-bond donors (Lipinski definition) is 3. The van der Waals surface area contributed by atoms with Gasteiger partial charge >= 0.3 is 18.9 Å². The molecule has 3 atom stereocenters. The fourth-order valence-corrected chi connectivity index (χ4v) is 2.82. The Bertz CT molecular complexity index is 1040. The Labute approximate surface area is 199 Å². The van der Waals surface area contributed by atoms with E-state index in [0.29, 0.717) is 40.3 Å². The average Bonchev–Trinajstić information content (AvgIpc) is 3.50. The monoisotopic (exact) mass is 428 g/mol. The first-order valence-electron chi connectivity index (χ1n) is 9.91. The molecular formula is C23H24FLiN5O2-. The van der Waals surface area contributed by atoms with E-state index in [1.807, 2.05) is 6.92 Å². The smallest absolute Gasteiger partial charge is 0.392 e. The molecule has 2 heterocycles. The van der Waals surface area contributed by atoms with Crippen molar-refractivity contribution in [1.29, 1.82) is 0 Å². The van der Waals surface area contributed by atoms with Crippen LogP contribution >= 0.6 is 0 Å². The first kappa shape index (κ1) is 25.5. The summed E-state index contributed by atoms with van der Waals surface area (Å²) in [6, 6.07) is 5.11. The van der Waals surface area contributed by atoms with Crippen molar-refractivity contribution < 1.29 is 33.2 Å². The number of hydrogen-bond acceptors (Lipinski definition) is 6. The van der Waals surface area contributed by atoms with Gasteiger partial charge < -0.3 is 15.7 Å². The van der Waals surface area contributed by atoms with Gasteiger partial charge in [-0.25, -0.2) is 24.9 Å². The maximum absolute atomic E-state index is 13.1. The summed E-state index contributed by atoms with van der Waals surface area (Å²) < 4.78 is 13.1. The number of pyridine rings is 1. The Hall–Kier alpha value is -2.79. The van der Waals surface area contributed by atoms with Gasteiger partial charge in [-0.1, -0.05) is 6.92 Å². The predicted molar refractivity (Wildman–Crippen MR) is 116 cm³/mol. The van der Waals surface area contributed by atoms with Gasteiger partial charge in [0.1, 0.15) is 24.1 Å². The molecule has 1 amide bonds. The van der Waals surface area contributed by atoms with Crippen LogP contribution in [-0.4, -0.2) is 38.2 Å². The molecule has 0 bridgehead atoms. The van der Waals surface area contributed by atoms with Crippen molar-refractivity contribution in [3.8, 4) is 11.3 Å². The van der Waals surface area contributed by atoms with Crippen LogP contribution in [0, 0.1) is 19.1 Å². The summed E-state index contributed by atoms with van der Waals surface area (Å²) >= 11 is 0. The van der Waals surface area contributed by atoms with Crippen molar-refractivity contribution in [2.24, 2.45) is 5.92 Å². The molecule has 2 aromatic rings. The summed E-state index contributed by atoms with van der Waals surface area (Å²) in [5.41, 5.74) is 2.36. The molecule has 0 spiro atoms. The van der Waals surface area contributed by atoms with E-state index >= 15 is 0 Å². The minimum atomic E-state index is -1.09. The molecule has 1 fully saturated rings. The van der Waals surface area contributed by atoms with Crippen molar-refractivity contribution in [2.45, 2.75) is 39.0 Å². The first-order chi connectivity index (χ1) is 14.8. The number of nitrogens with zero attached hydrogens (tertiary/aromatic N) is 3. The minimum Gasteiger partial charge on any atom is -0.392 e. The van der Waals surface area contributed by atoms with Gasteiger partial charge in [0.25, 0.3) is 0 Å². The molecule has 7 nitrogen and oxygen atoms in total. The van der Waals surface area contributed by atoms with Gasteiger partial charge in [-0.15, -0.1) is 6.92 Å². The van der Waals surface area contributed by atoms with Crippen molar-refractivity contribution in [2.75, 3.05) is 10.6 Å². The van der Waals surface area contributed by atoms with Crippen LogP contribution in [0.25, 0.3) is 11.3 Å². The van der Waals surface area contributed by atoms with Crippen LogP contribution in [-0.2, 0) is 4.79 Å². The van der Waals surface area contributed by atoms with Crippen molar-refractivity contribution in [3.63, 3.8) is 0 Å². The second-order valence-electron chi connectivity index (χ2n) is 7.33. The van der Waals surface area contributed by atoms with Crippen LogP contribution in [0.15, 0.2) is 53.6 Å². The molecule has 32 heavy (non-hydrogen) atoms. The fourth-order valence-electron chi connectivity index (χ4n) is 2.82. The summed E-state index contributed by atoms with van der Waals surface area (Å²) in [4.78, 5) is 24.6. The molecule has 0 radical (unpaired) electrons. The number of rotatable bonds is 9. The quantitative estimate of drug-likeness (QED) is 0.308. The number of nitrogens with one attached hydrogen (secondary N) is 2. The van der Waals surface area contributed by atoms with Gasteiger partial charge in [0.15, 0.2) is 0 Å². The standard InChI is InChI=1S/C23H24FN5O2.Li/c1-5-20(30)14(3)9-13(2)15(4)28-22-16(7-6-8-25-22)19-11-21(27-12-26-19)29-23(31)17-10-18(17)24;/h3-4,6-9,11-12,17-18,20,30H,5,10H2,1-2H3,(H,25,28)(H,26,27,29,31);/q-2;+1/b13-9-;/t17-,18+,20+;/m0./s1. The Morgan fingerprint density at radius 1 is 1.34 bits per heavy atom. The minimum absolute atomic E-state index is 0. The van der Waals surface area contributed by atoms with Gasteiger partial charge in [-0.3, -0.25) is 29.6 Å². The third kappa shape index (κ3) is 6.36. The van der Waals surface area contributed by atoms with Crippen LogP contribution in [0.2, 0.25) is 0 Å². The van der Waals surface area contributed by atoms with E-state index in [0.717, 1.165) is 0 Å². The van der Waals surface area contributed by atoms with Gasteiger partial charge in [0.05, 0.1) is 11.6 Å². The molecule has 3 rings (SSSR count). The number of aliphatic hydroxyl groups is 1. The Balaban J connectivity index is 0.00000363. The molecule has 1 saturated carbocycles. The number of carbonyl (C=O) groups excluding carboxylic acids is 1. The van der Waals surface area contributed by atoms with Crippen molar-refractivity contribution >= 4 is 17.5 Å². The third-order valence-corrected chi connectivity index (χ3v) is 4.88. The van der Waals surface area contributed by atoms with Gasteiger partial charge in [0, 0.05) is 23.9 Å². The molecule has 1 aliphatic carbocycles. The van der Waals surface area contributed by atoms with Crippen molar-refractivity contribution in [3.05, 3.63) is 66.8 Å². The molecule has 2 aromatic heterocycles. The summed E-state index contributed by atoms with van der Waals surface area (Å²) in [6.07, 6.45) is 3.40. The summed E-state index contributed by atoms with van der Waals surface area (Å²) in [7, 11) is 0. The second-order valence-corrected chi connectivity index (χ2v) is 7.33. The summed E-state index contributed by atoms with van der Waals surface area (Å²) in [5.74, 6) is -0.311. The molecule has 0 aromatic carbocycles. The molecule has 3 N–H and O–H groups in total. The summed E-state index contributed by atoms with van der Waals surface area (Å²) in [6.45, 7) is 15.6. The van der Waals surface area contributed by atoms with Crippen LogP contribution in [0.3, 0.4) is 0 Å². The Morgan fingerprint density at radius 2 is 2.06 bits per heavy atom. The van der Waals surface area contributed by atoms with E-state index in [-0.39, 0.29) is 31.1 Å². The van der Waals surface area contributed by atoms with E-state index in [1.165, 1.54) is 6.33 Å². The van der Waals surface area contributed by atoms with Crippen LogP contribution in [0.5, 0.6) is 0 Å². The zero-order valence-corrected chi connectivity index (χ0v) is 18.3. The SMILES string of the molecule is [CH-]=C(Nc1ncccc1-c1cc(NC(=O)[C@H]2C[C@H]2F)ncn1)/C(C)=C\C(=[CH-])[C@H](O)CC.[Li+]. The van der Waals surface area contributed by atoms with E-state index in [4.69, 9.17) is 13.2 Å². The number of allylic oxidation sites excluding steroid dienone is 1. The molecular weight excluding hydrogens is 404 g/mol. The maximum atomic E-state index is 13.1. The zero-order valence-electron chi connectivity index (χ0n) is 18.3. The number of carbonyl (C=O) groups is 1. The average molecular weight is 428 g/mol. The fraction of sp³-hybridized carbons (Fsp3) is 0.304. The number of aliphatic hydroxyl groups excluding tert-OH is 1. The molecule has 0 unspecified atom stereocenters. The van der Waals surface area contributed by atoms with E-state index in [9.17, 15) is 14.3 Å². The maximum Gasteiger partial charge on any atom is 1.00 e. The van der Waals surface area contributed by atoms with E-state index in [2.05, 4.69) is 25.6 Å². The van der Waals surface area contributed by atoms with Crippen molar-refractivity contribution in [1.82, 2.24) is 15.0 Å². The largest absolute Gasteiger partial charge is 1.00 e. The van der Waals surface area contributed by atoms with Crippen LogP contribution < -0.4 is 29.5 Å².